The second-order valence-corrected chi connectivity index (χ2v) is 11.9. The first-order chi connectivity index (χ1) is 9.01. The quantitative estimate of drug-likeness (QED) is 0.808. The van der Waals surface area contributed by atoms with Crippen molar-refractivity contribution in [3.05, 3.63) is 0 Å². The molecule has 0 aromatic rings. The van der Waals surface area contributed by atoms with Gasteiger partial charge in [0.1, 0.15) is 6.10 Å². The fourth-order valence-corrected chi connectivity index (χ4v) is 3.46. The van der Waals surface area contributed by atoms with Crippen molar-refractivity contribution in [3.8, 4) is 0 Å². The number of hydrogen-bond donors (Lipinski definition) is 1. The summed E-state index contributed by atoms with van der Waals surface area (Å²) in [6.45, 7) is 13.0. The molecule has 0 unspecified atom stereocenters. The van der Waals surface area contributed by atoms with Gasteiger partial charge in [-0.25, -0.2) is 4.79 Å². The molecule has 1 aliphatic heterocycles. The topological polar surface area (TPSA) is 65.0 Å². The van der Waals surface area contributed by atoms with Crippen molar-refractivity contribution in [1.82, 2.24) is 0 Å². The fraction of sp³-hybridized carbons (Fsp3) is 0.929. The lowest BCUT2D eigenvalue weighted by molar-refractivity contribution is -0.189. The first-order valence-corrected chi connectivity index (χ1v) is 9.97. The Kier molecular flexibility index (Phi) is 5.40. The van der Waals surface area contributed by atoms with Crippen LogP contribution in [0.15, 0.2) is 0 Å². The second kappa shape index (κ2) is 6.13. The van der Waals surface area contributed by atoms with Gasteiger partial charge in [0, 0.05) is 13.0 Å². The SMILES string of the molecule is CO[C@@H]1[C@@H](O[Si](C)(C)C(C)(C)C)[C@H](C(=O)O)OC[C@@H]1C. The molecule has 1 fully saturated rings. The molecule has 118 valence electrons. The Morgan fingerprint density at radius 3 is 2.25 bits per heavy atom. The van der Waals surface area contributed by atoms with Crippen LogP contribution in [0.5, 0.6) is 0 Å². The molecule has 0 aromatic carbocycles. The van der Waals surface area contributed by atoms with Gasteiger partial charge in [-0.3, -0.25) is 0 Å². The molecule has 0 spiro atoms. The number of ether oxygens (including phenoxy) is 2. The van der Waals surface area contributed by atoms with Crippen LogP contribution in [-0.2, 0) is 18.7 Å². The predicted molar refractivity (Wildman–Crippen MR) is 79.4 cm³/mol. The molecule has 1 aliphatic rings. The molecule has 0 aromatic heterocycles. The van der Waals surface area contributed by atoms with Crippen LogP contribution in [0.4, 0.5) is 0 Å². The summed E-state index contributed by atoms with van der Waals surface area (Å²) in [4.78, 5) is 11.4. The van der Waals surface area contributed by atoms with Crippen molar-refractivity contribution in [2.45, 2.75) is 64.1 Å². The lowest BCUT2D eigenvalue weighted by Crippen LogP contribution is -2.59. The van der Waals surface area contributed by atoms with Crippen LogP contribution >= 0.6 is 0 Å². The zero-order chi connectivity index (χ0) is 15.7. The minimum absolute atomic E-state index is 0.00896. The Balaban J connectivity index is 3.02. The Morgan fingerprint density at radius 2 is 1.85 bits per heavy atom. The van der Waals surface area contributed by atoms with Gasteiger partial charge >= 0.3 is 5.97 Å². The Morgan fingerprint density at radius 1 is 1.30 bits per heavy atom. The minimum atomic E-state index is -2.09. The van der Waals surface area contributed by atoms with E-state index in [0.29, 0.717) is 6.61 Å². The summed E-state index contributed by atoms with van der Waals surface area (Å²) >= 11 is 0. The molecular weight excluding hydrogens is 276 g/mol. The Bertz CT molecular complexity index is 350. The van der Waals surface area contributed by atoms with E-state index in [1.165, 1.54) is 0 Å². The van der Waals surface area contributed by atoms with Crippen molar-refractivity contribution in [1.29, 1.82) is 0 Å². The van der Waals surface area contributed by atoms with Crippen LogP contribution in [0, 0.1) is 5.92 Å². The van der Waals surface area contributed by atoms with Crippen molar-refractivity contribution >= 4 is 14.3 Å². The van der Waals surface area contributed by atoms with E-state index < -0.39 is 26.5 Å². The van der Waals surface area contributed by atoms with Gasteiger partial charge in [0.2, 0.25) is 0 Å². The first kappa shape index (κ1) is 17.6. The maximum absolute atomic E-state index is 11.4. The maximum atomic E-state index is 11.4. The molecule has 5 nitrogen and oxygen atoms in total. The van der Waals surface area contributed by atoms with Crippen LogP contribution in [0.2, 0.25) is 18.1 Å². The Hall–Kier alpha value is -0.433. The smallest absolute Gasteiger partial charge is 0.335 e. The van der Waals surface area contributed by atoms with E-state index in [4.69, 9.17) is 13.9 Å². The van der Waals surface area contributed by atoms with Crippen LogP contribution in [0.25, 0.3) is 0 Å². The van der Waals surface area contributed by atoms with Gasteiger partial charge < -0.3 is 19.0 Å². The molecule has 1 heterocycles. The highest BCUT2D eigenvalue weighted by Crippen LogP contribution is 2.39. The van der Waals surface area contributed by atoms with Gasteiger partial charge in [0.05, 0.1) is 12.7 Å². The minimum Gasteiger partial charge on any atom is -0.479 e. The summed E-state index contributed by atoms with van der Waals surface area (Å²) in [7, 11) is -0.486. The molecule has 1 N–H and O–H groups in total. The molecule has 1 saturated heterocycles. The molecule has 6 heteroatoms. The van der Waals surface area contributed by atoms with E-state index in [0.717, 1.165) is 0 Å². The van der Waals surface area contributed by atoms with E-state index in [1.54, 1.807) is 7.11 Å². The number of rotatable bonds is 4. The van der Waals surface area contributed by atoms with E-state index in [2.05, 4.69) is 33.9 Å². The summed E-state index contributed by atoms with van der Waals surface area (Å²) in [5.74, 6) is -0.868. The summed E-state index contributed by atoms with van der Waals surface area (Å²) in [5, 5.41) is 9.37. The molecule has 20 heavy (non-hydrogen) atoms. The van der Waals surface area contributed by atoms with E-state index in [9.17, 15) is 9.90 Å². The van der Waals surface area contributed by atoms with E-state index in [1.807, 2.05) is 6.92 Å². The third kappa shape index (κ3) is 3.61. The van der Waals surface area contributed by atoms with Crippen molar-refractivity contribution < 1.29 is 23.8 Å². The molecule has 4 atom stereocenters. The largest absolute Gasteiger partial charge is 0.479 e. The monoisotopic (exact) mass is 304 g/mol. The van der Waals surface area contributed by atoms with Crippen molar-refractivity contribution in [3.63, 3.8) is 0 Å². The maximum Gasteiger partial charge on any atom is 0.335 e. The normalized spacial score (nSPS) is 32.1. The molecule has 1 rings (SSSR count). The zero-order valence-electron chi connectivity index (χ0n) is 13.6. The third-order valence-corrected chi connectivity index (χ3v) is 8.95. The van der Waals surface area contributed by atoms with Gasteiger partial charge in [0.25, 0.3) is 0 Å². The zero-order valence-corrected chi connectivity index (χ0v) is 14.6. The number of carboxylic acid groups (broad SMARTS) is 1. The molecule has 0 bridgehead atoms. The van der Waals surface area contributed by atoms with Crippen molar-refractivity contribution in [2.75, 3.05) is 13.7 Å². The predicted octanol–water partition coefficient (Wildman–Crippen LogP) is 2.51. The molecule has 0 radical (unpaired) electrons. The molecule has 0 saturated carbocycles. The van der Waals surface area contributed by atoms with Crippen LogP contribution in [0.1, 0.15) is 27.7 Å². The molecule has 0 amide bonds. The van der Waals surface area contributed by atoms with E-state index >= 15 is 0 Å². The number of methoxy groups -OCH3 is 1. The molecular formula is C14H28O5Si. The lowest BCUT2D eigenvalue weighted by atomic mass is 9.93. The van der Waals surface area contributed by atoms with Gasteiger partial charge in [-0.2, -0.15) is 0 Å². The highest BCUT2D eigenvalue weighted by molar-refractivity contribution is 6.74. The third-order valence-electron chi connectivity index (χ3n) is 4.47. The van der Waals surface area contributed by atoms with Crippen molar-refractivity contribution in [2.24, 2.45) is 5.92 Å². The van der Waals surface area contributed by atoms with E-state index in [-0.39, 0.29) is 17.1 Å². The number of carbonyl (C=O) groups is 1. The fourth-order valence-electron chi connectivity index (χ4n) is 2.17. The average Bonchev–Trinajstić information content (AvgIpc) is 2.26. The summed E-state index contributed by atoms with van der Waals surface area (Å²) < 4.78 is 17.3. The highest BCUT2D eigenvalue weighted by atomic mass is 28.4. The van der Waals surface area contributed by atoms with Gasteiger partial charge in [-0.1, -0.05) is 27.7 Å². The summed E-state index contributed by atoms with van der Waals surface area (Å²) in [6, 6.07) is 0. The van der Waals surface area contributed by atoms with Crippen LogP contribution < -0.4 is 0 Å². The average molecular weight is 304 g/mol. The van der Waals surface area contributed by atoms with Gasteiger partial charge in [-0.05, 0) is 18.1 Å². The summed E-state index contributed by atoms with van der Waals surface area (Å²) in [5.41, 5.74) is 0. The second-order valence-electron chi connectivity index (χ2n) is 7.11. The van der Waals surface area contributed by atoms with Crippen LogP contribution in [-0.4, -0.2) is 51.4 Å². The highest BCUT2D eigenvalue weighted by Gasteiger charge is 2.48. The lowest BCUT2D eigenvalue weighted by Gasteiger charge is -2.46. The number of hydrogen-bond acceptors (Lipinski definition) is 4. The number of carboxylic acids is 1. The van der Waals surface area contributed by atoms with Crippen LogP contribution in [0.3, 0.4) is 0 Å². The summed E-state index contributed by atoms with van der Waals surface area (Å²) in [6.07, 6.45) is -1.76. The van der Waals surface area contributed by atoms with Gasteiger partial charge in [0.15, 0.2) is 14.4 Å². The number of aliphatic carboxylic acids is 1. The molecule has 0 aliphatic carbocycles. The Labute approximate surface area is 122 Å². The van der Waals surface area contributed by atoms with Gasteiger partial charge in [-0.15, -0.1) is 0 Å². The first-order valence-electron chi connectivity index (χ1n) is 7.06. The standard InChI is InChI=1S/C14H28O5Si/c1-9-8-18-12(13(15)16)11(10(9)17-5)19-20(6,7)14(2,3)4/h9-12H,8H2,1-7H3,(H,15,16)/t9-,10-,11+,12+/m0/s1.